The van der Waals surface area contributed by atoms with E-state index < -0.39 is 10.0 Å². The smallest absolute Gasteiger partial charge is 0.278 e. The van der Waals surface area contributed by atoms with Crippen LogP contribution in [-0.4, -0.2) is 54.0 Å². The summed E-state index contributed by atoms with van der Waals surface area (Å²) in [5, 5.41) is 0.787. The van der Waals surface area contributed by atoms with Crippen molar-refractivity contribution in [2.45, 2.75) is 17.4 Å². The van der Waals surface area contributed by atoms with Gasteiger partial charge in [-0.05, 0) is 18.6 Å². The van der Waals surface area contributed by atoms with Crippen LogP contribution in [0.2, 0.25) is 0 Å². The van der Waals surface area contributed by atoms with Crippen LogP contribution in [0.15, 0.2) is 53.8 Å². The Morgan fingerprint density at radius 1 is 1.04 bits per heavy atom. The minimum absolute atomic E-state index is 0.207. The van der Waals surface area contributed by atoms with Crippen LogP contribution < -0.4 is 9.47 Å². The van der Waals surface area contributed by atoms with E-state index in [4.69, 9.17) is 9.47 Å². The van der Waals surface area contributed by atoms with Crippen molar-refractivity contribution in [2.24, 2.45) is 0 Å². The second-order valence-corrected chi connectivity index (χ2v) is 8.00. The maximum Gasteiger partial charge on any atom is 0.278 e. The van der Waals surface area contributed by atoms with E-state index in [9.17, 15) is 8.42 Å². The number of methoxy groups -OCH3 is 1. The van der Waals surface area contributed by atoms with Crippen molar-refractivity contribution in [3.8, 4) is 11.8 Å². The number of nitrogens with zero attached hydrogens (tertiary/aromatic N) is 4. The molecule has 1 aliphatic rings. The van der Waals surface area contributed by atoms with Crippen molar-refractivity contribution >= 4 is 20.9 Å². The Bertz CT molecular complexity index is 1070. The molecule has 3 heterocycles. The number of fused-ring (bicyclic) bond motifs is 1. The summed E-state index contributed by atoms with van der Waals surface area (Å²) < 4.78 is 38.7. The molecule has 0 saturated carbocycles. The van der Waals surface area contributed by atoms with Crippen LogP contribution in [0.25, 0.3) is 10.9 Å². The van der Waals surface area contributed by atoms with Gasteiger partial charge in [-0.15, -0.1) is 0 Å². The molecule has 0 N–H and O–H groups in total. The van der Waals surface area contributed by atoms with Gasteiger partial charge in [-0.3, -0.25) is 4.98 Å². The first-order valence-corrected chi connectivity index (χ1v) is 9.89. The van der Waals surface area contributed by atoms with Crippen LogP contribution in [0, 0.1) is 0 Å². The molecule has 140 valence electrons. The molecule has 9 heteroatoms. The minimum atomic E-state index is -3.68. The third kappa shape index (κ3) is 3.31. The fourth-order valence-corrected chi connectivity index (χ4v) is 4.78. The van der Waals surface area contributed by atoms with Gasteiger partial charge in [0.15, 0.2) is 0 Å². The van der Waals surface area contributed by atoms with Crippen molar-refractivity contribution < 1.29 is 17.9 Å². The van der Waals surface area contributed by atoms with Crippen LogP contribution in [0.4, 0.5) is 0 Å². The standard InChI is InChI=1S/C18H18N4O4S/c1-25-17-18(21-10-9-20-17)26-14-7-11-22(12-14)27(23,24)15-6-2-4-13-5-3-8-19-16(13)15/h2-6,8-10,14H,7,11-12H2,1H3/t14-/m1/s1. The molecule has 8 nitrogen and oxygen atoms in total. The van der Waals surface area contributed by atoms with Crippen molar-refractivity contribution in [1.29, 1.82) is 0 Å². The van der Waals surface area contributed by atoms with Gasteiger partial charge >= 0.3 is 0 Å². The average Bonchev–Trinajstić information content (AvgIpc) is 3.17. The molecule has 1 fully saturated rings. The molecule has 1 aromatic carbocycles. The van der Waals surface area contributed by atoms with Gasteiger partial charge < -0.3 is 9.47 Å². The van der Waals surface area contributed by atoms with E-state index in [2.05, 4.69) is 15.0 Å². The highest BCUT2D eigenvalue weighted by Gasteiger charge is 2.35. The number of rotatable bonds is 5. The fraction of sp³-hybridized carbons (Fsp3) is 0.278. The summed E-state index contributed by atoms with van der Waals surface area (Å²) >= 11 is 0. The van der Waals surface area contributed by atoms with Gasteiger partial charge in [0.2, 0.25) is 10.0 Å². The van der Waals surface area contributed by atoms with Crippen molar-refractivity contribution in [3.05, 3.63) is 48.9 Å². The zero-order chi connectivity index (χ0) is 18.9. The number of benzene rings is 1. The maximum atomic E-state index is 13.1. The van der Waals surface area contributed by atoms with Crippen LogP contribution in [-0.2, 0) is 10.0 Å². The predicted octanol–water partition coefficient (Wildman–Crippen LogP) is 1.88. The normalized spacial score (nSPS) is 17.9. The lowest BCUT2D eigenvalue weighted by molar-refractivity contribution is 0.194. The average molecular weight is 386 g/mol. The van der Waals surface area contributed by atoms with E-state index in [-0.39, 0.29) is 29.3 Å². The van der Waals surface area contributed by atoms with Crippen LogP contribution in [0.3, 0.4) is 0 Å². The molecule has 0 unspecified atom stereocenters. The number of ether oxygens (including phenoxy) is 2. The number of hydrogen-bond acceptors (Lipinski definition) is 7. The molecule has 1 atom stereocenters. The van der Waals surface area contributed by atoms with Crippen LogP contribution in [0.1, 0.15) is 6.42 Å². The summed E-state index contributed by atoms with van der Waals surface area (Å²) in [6.07, 6.45) is 4.83. The Labute approximate surface area is 156 Å². The van der Waals surface area contributed by atoms with E-state index in [0.717, 1.165) is 5.39 Å². The molecule has 0 bridgehead atoms. The first-order valence-electron chi connectivity index (χ1n) is 8.45. The third-order valence-corrected chi connectivity index (χ3v) is 6.32. The Balaban J connectivity index is 1.57. The fourth-order valence-electron chi connectivity index (χ4n) is 3.13. The van der Waals surface area contributed by atoms with E-state index in [1.807, 2.05) is 12.1 Å². The molecule has 0 spiro atoms. The highest BCUT2D eigenvalue weighted by atomic mass is 32.2. The summed E-state index contributed by atoms with van der Waals surface area (Å²) in [6, 6.07) is 8.79. The third-order valence-electron chi connectivity index (χ3n) is 4.43. The summed E-state index contributed by atoms with van der Waals surface area (Å²) in [5.41, 5.74) is 0.472. The summed E-state index contributed by atoms with van der Waals surface area (Å²) in [7, 11) is -2.20. The number of hydrogen-bond donors (Lipinski definition) is 0. The van der Waals surface area contributed by atoms with E-state index in [1.165, 1.54) is 23.8 Å². The number of para-hydroxylation sites is 1. The van der Waals surface area contributed by atoms with Crippen LogP contribution in [0.5, 0.6) is 11.8 Å². The van der Waals surface area contributed by atoms with E-state index in [0.29, 0.717) is 18.5 Å². The SMILES string of the molecule is COc1nccnc1O[C@@H]1CCN(S(=O)(=O)c2cccc3cccnc23)C1. The van der Waals surface area contributed by atoms with E-state index in [1.54, 1.807) is 24.4 Å². The maximum absolute atomic E-state index is 13.1. The quantitative estimate of drug-likeness (QED) is 0.661. The zero-order valence-corrected chi connectivity index (χ0v) is 15.5. The molecule has 4 rings (SSSR count). The minimum Gasteiger partial charge on any atom is -0.477 e. The van der Waals surface area contributed by atoms with Gasteiger partial charge in [0.25, 0.3) is 11.8 Å². The summed E-state index contributed by atoms with van der Waals surface area (Å²) in [5.74, 6) is 0.535. The van der Waals surface area contributed by atoms with E-state index >= 15 is 0 Å². The van der Waals surface area contributed by atoms with Gasteiger partial charge in [-0.1, -0.05) is 18.2 Å². The molecular formula is C18H18N4O4S. The summed E-state index contributed by atoms with van der Waals surface area (Å²) in [4.78, 5) is 12.6. The number of sulfonamides is 1. The predicted molar refractivity (Wildman–Crippen MR) is 98.1 cm³/mol. The number of pyridine rings is 1. The van der Waals surface area contributed by atoms with Crippen LogP contribution >= 0.6 is 0 Å². The van der Waals surface area contributed by atoms with Gasteiger partial charge in [-0.2, -0.15) is 4.31 Å². The Morgan fingerprint density at radius 2 is 1.81 bits per heavy atom. The molecule has 3 aromatic rings. The lowest BCUT2D eigenvalue weighted by Gasteiger charge is -2.18. The molecule has 27 heavy (non-hydrogen) atoms. The molecule has 2 aromatic heterocycles. The molecule has 1 saturated heterocycles. The lowest BCUT2D eigenvalue weighted by atomic mass is 10.2. The second-order valence-electron chi connectivity index (χ2n) is 6.09. The van der Waals surface area contributed by atoms with Crippen molar-refractivity contribution in [1.82, 2.24) is 19.3 Å². The van der Waals surface area contributed by atoms with Crippen molar-refractivity contribution in [3.63, 3.8) is 0 Å². The largest absolute Gasteiger partial charge is 0.477 e. The first kappa shape index (κ1) is 17.6. The topological polar surface area (TPSA) is 94.5 Å². The highest BCUT2D eigenvalue weighted by molar-refractivity contribution is 7.89. The molecule has 0 radical (unpaired) electrons. The Hall–Kier alpha value is -2.78. The van der Waals surface area contributed by atoms with Gasteiger partial charge in [0.05, 0.1) is 19.2 Å². The molecule has 0 aliphatic carbocycles. The zero-order valence-electron chi connectivity index (χ0n) is 14.6. The van der Waals surface area contributed by atoms with Gasteiger partial charge in [-0.25, -0.2) is 18.4 Å². The Kier molecular flexibility index (Phi) is 4.63. The monoisotopic (exact) mass is 386 g/mol. The van der Waals surface area contributed by atoms with Gasteiger partial charge in [0.1, 0.15) is 11.0 Å². The molecule has 1 aliphatic heterocycles. The lowest BCUT2D eigenvalue weighted by Crippen LogP contribution is -2.31. The Morgan fingerprint density at radius 3 is 2.63 bits per heavy atom. The molecule has 0 amide bonds. The second kappa shape index (κ2) is 7.09. The molecular weight excluding hydrogens is 368 g/mol. The van der Waals surface area contributed by atoms with Gasteiger partial charge in [0, 0.05) is 30.5 Å². The summed E-state index contributed by atoms with van der Waals surface area (Å²) in [6.45, 7) is 0.587. The van der Waals surface area contributed by atoms with Crippen molar-refractivity contribution in [2.75, 3.05) is 20.2 Å². The first-order chi connectivity index (χ1) is 13.1. The number of aromatic nitrogens is 3. The highest BCUT2D eigenvalue weighted by Crippen LogP contribution is 2.29.